The van der Waals surface area contributed by atoms with E-state index in [-0.39, 0.29) is 5.69 Å². The number of nitrogens with one attached hydrogen (secondary N) is 1. The Morgan fingerprint density at radius 3 is 2.76 bits per heavy atom. The van der Waals surface area contributed by atoms with Gasteiger partial charge in [-0.25, -0.2) is 14.6 Å². The van der Waals surface area contributed by atoms with E-state index >= 15 is 0 Å². The molecule has 0 spiro atoms. The highest BCUT2D eigenvalue weighted by molar-refractivity contribution is 5.55. The Morgan fingerprint density at radius 1 is 1.24 bits per heavy atom. The van der Waals surface area contributed by atoms with Crippen molar-refractivity contribution >= 4 is 17.2 Å². The Morgan fingerprint density at radius 2 is 2.10 bits per heavy atom. The summed E-state index contributed by atoms with van der Waals surface area (Å²) in [6, 6.07) is 1.63. The Labute approximate surface area is 118 Å². The van der Waals surface area contributed by atoms with E-state index in [4.69, 9.17) is 0 Å². The summed E-state index contributed by atoms with van der Waals surface area (Å²) in [5.41, 5.74) is 0.670. The molecule has 1 N–H and O–H groups in total. The molecule has 0 fully saturated rings. The molecule has 106 valence electrons. The molecule has 0 atom stereocenters. The van der Waals surface area contributed by atoms with Crippen molar-refractivity contribution < 1.29 is 4.92 Å². The van der Waals surface area contributed by atoms with Crippen LogP contribution in [0.15, 0.2) is 37.2 Å². The molecule has 0 aromatic carbocycles. The average Bonchev–Trinajstić information content (AvgIpc) is 3.08. The summed E-state index contributed by atoms with van der Waals surface area (Å²) in [5.74, 6) is 0.954. The fourth-order valence-corrected chi connectivity index (χ4v) is 1.71. The molecule has 10 heteroatoms. The molecule has 0 bridgehead atoms. The lowest BCUT2D eigenvalue weighted by molar-refractivity contribution is -0.384. The van der Waals surface area contributed by atoms with Crippen LogP contribution in [0.4, 0.5) is 17.2 Å². The first-order chi connectivity index (χ1) is 10.1. The number of nitrogens with zero attached hydrogens (tertiary/aromatic N) is 7. The van der Waals surface area contributed by atoms with Crippen molar-refractivity contribution in [1.82, 2.24) is 29.5 Å². The summed E-state index contributed by atoms with van der Waals surface area (Å²) in [4.78, 5) is 18.3. The second kappa shape index (κ2) is 5.00. The van der Waals surface area contributed by atoms with Crippen LogP contribution < -0.4 is 5.32 Å². The molecule has 0 saturated heterocycles. The van der Waals surface area contributed by atoms with Crippen LogP contribution >= 0.6 is 0 Å². The number of rotatable bonds is 4. The van der Waals surface area contributed by atoms with Crippen molar-refractivity contribution in [3.05, 3.63) is 47.3 Å². The van der Waals surface area contributed by atoms with Gasteiger partial charge in [0, 0.05) is 19.3 Å². The highest BCUT2D eigenvalue weighted by Gasteiger charge is 2.11. The topological polar surface area (TPSA) is 117 Å². The minimum absolute atomic E-state index is 0.101. The van der Waals surface area contributed by atoms with Crippen LogP contribution in [-0.2, 0) is 7.05 Å². The van der Waals surface area contributed by atoms with Crippen LogP contribution in [0.2, 0.25) is 0 Å². The molecule has 0 aliphatic rings. The first-order valence-corrected chi connectivity index (χ1v) is 5.89. The fraction of sp³-hybridized carbons (Fsp3) is 0.0909. The van der Waals surface area contributed by atoms with Crippen LogP contribution in [0.5, 0.6) is 0 Å². The molecule has 3 aromatic heterocycles. The zero-order valence-corrected chi connectivity index (χ0v) is 10.9. The summed E-state index contributed by atoms with van der Waals surface area (Å²) in [6.45, 7) is 0. The maximum Gasteiger partial charge on any atom is 0.307 e. The third-order valence-corrected chi connectivity index (χ3v) is 2.64. The average molecular weight is 286 g/mol. The number of nitro groups is 1. The van der Waals surface area contributed by atoms with E-state index in [2.05, 4.69) is 25.5 Å². The number of aryl methyl sites for hydroxylation is 1. The van der Waals surface area contributed by atoms with Gasteiger partial charge in [0.2, 0.25) is 0 Å². The predicted molar refractivity (Wildman–Crippen MR) is 72.3 cm³/mol. The molecule has 21 heavy (non-hydrogen) atoms. The second-order valence-corrected chi connectivity index (χ2v) is 4.19. The molecule has 0 saturated carbocycles. The minimum Gasteiger partial charge on any atom is -0.338 e. The molecule has 0 aliphatic carbocycles. The minimum atomic E-state index is -0.514. The summed E-state index contributed by atoms with van der Waals surface area (Å²) >= 11 is 0. The van der Waals surface area contributed by atoms with Gasteiger partial charge in [0.1, 0.15) is 24.5 Å². The smallest absolute Gasteiger partial charge is 0.307 e. The molecular formula is C11H10N8O2. The van der Waals surface area contributed by atoms with E-state index in [1.54, 1.807) is 30.2 Å². The van der Waals surface area contributed by atoms with Gasteiger partial charge in [0.25, 0.3) is 0 Å². The molecule has 0 amide bonds. The van der Waals surface area contributed by atoms with Crippen molar-refractivity contribution in [3.63, 3.8) is 0 Å². The predicted octanol–water partition coefficient (Wildman–Crippen LogP) is 1.05. The number of anilines is 2. The van der Waals surface area contributed by atoms with E-state index < -0.39 is 4.92 Å². The van der Waals surface area contributed by atoms with Crippen molar-refractivity contribution in [3.8, 4) is 5.82 Å². The van der Waals surface area contributed by atoms with E-state index in [9.17, 15) is 10.1 Å². The van der Waals surface area contributed by atoms with Gasteiger partial charge in [-0.1, -0.05) is 0 Å². The highest BCUT2D eigenvalue weighted by atomic mass is 16.6. The van der Waals surface area contributed by atoms with Crippen molar-refractivity contribution in [1.29, 1.82) is 0 Å². The highest BCUT2D eigenvalue weighted by Crippen LogP contribution is 2.16. The monoisotopic (exact) mass is 286 g/mol. The summed E-state index contributed by atoms with van der Waals surface area (Å²) < 4.78 is 2.97. The number of hydrogen-bond acceptors (Lipinski definition) is 7. The number of aromatic nitrogens is 6. The normalized spacial score (nSPS) is 10.5. The van der Waals surface area contributed by atoms with E-state index in [1.807, 2.05) is 0 Å². The van der Waals surface area contributed by atoms with Crippen LogP contribution in [0.25, 0.3) is 5.82 Å². The lowest BCUT2D eigenvalue weighted by Crippen LogP contribution is -2.01. The maximum atomic E-state index is 10.7. The Hall–Kier alpha value is -3.30. The fourth-order valence-electron chi connectivity index (χ4n) is 1.71. The van der Waals surface area contributed by atoms with Crippen LogP contribution in [-0.4, -0.2) is 34.5 Å². The Kier molecular flexibility index (Phi) is 3.03. The third-order valence-electron chi connectivity index (χ3n) is 2.64. The standard InChI is InChI=1S/C11H10N8O2/c1-17-5-8(3-14-17)16-10-2-11(13-7-12-10)18-6-9(4-15-18)19(20)21/h2-7H,1H3,(H,12,13,16). The Bertz CT molecular complexity index is 793. The summed E-state index contributed by atoms with van der Waals surface area (Å²) in [7, 11) is 1.81. The molecule has 0 radical (unpaired) electrons. The first kappa shape index (κ1) is 12.7. The van der Waals surface area contributed by atoms with Crippen molar-refractivity contribution in [2.24, 2.45) is 7.05 Å². The zero-order valence-electron chi connectivity index (χ0n) is 10.9. The third kappa shape index (κ3) is 2.68. The Balaban J connectivity index is 1.86. The van der Waals surface area contributed by atoms with Gasteiger partial charge in [-0.2, -0.15) is 10.2 Å². The SMILES string of the molecule is Cn1cc(Nc2cc(-n3cc([N+](=O)[O-])cn3)ncn2)cn1. The summed E-state index contributed by atoms with van der Waals surface area (Å²) in [6.07, 6.45) is 7.25. The van der Waals surface area contributed by atoms with E-state index in [1.165, 1.54) is 17.2 Å². The van der Waals surface area contributed by atoms with Gasteiger partial charge < -0.3 is 5.32 Å². The molecular weight excluding hydrogens is 276 g/mol. The van der Waals surface area contributed by atoms with Gasteiger partial charge in [0.15, 0.2) is 5.82 Å². The van der Waals surface area contributed by atoms with Gasteiger partial charge >= 0.3 is 5.69 Å². The van der Waals surface area contributed by atoms with Gasteiger partial charge in [-0.3, -0.25) is 14.8 Å². The lowest BCUT2D eigenvalue weighted by atomic mass is 10.5. The first-order valence-electron chi connectivity index (χ1n) is 5.89. The van der Waals surface area contributed by atoms with Crippen molar-refractivity contribution in [2.45, 2.75) is 0 Å². The van der Waals surface area contributed by atoms with Gasteiger partial charge in [-0.15, -0.1) is 0 Å². The molecule has 3 aromatic rings. The zero-order chi connectivity index (χ0) is 14.8. The van der Waals surface area contributed by atoms with Crippen LogP contribution in [0.1, 0.15) is 0 Å². The molecule has 3 heterocycles. The summed E-state index contributed by atoms with van der Waals surface area (Å²) in [5, 5.41) is 21.6. The second-order valence-electron chi connectivity index (χ2n) is 4.19. The molecule has 0 unspecified atom stereocenters. The van der Waals surface area contributed by atoms with Gasteiger partial charge in [-0.05, 0) is 0 Å². The molecule has 10 nitrogen and oxygen atoms in total. The van der Waals surface area contributed by atoms with Crippen LogP contribution in [0.3, 0.4) is 0 Å². The van der Waals surface area contributed by atoms with E-state index in [0.717, 1.165) is 11.9 Å². The van der Waals surface area contributed by atoms with Gasteiger partial charge in [0.05, 0.1) is 16.8 Å². The van der Waals surface area contributed by atoms with E-state index in [0.29, 0.717) is 11.6 Å². The van der Waals surface area contributed by atoms with Crippen LogP contribution in [0, 0.1) is 10.1 Å². The largest absolute Gasteiger partial charge is 0.338 e. The molecule has 0 aliphatic heterocycles. The number of hydrogen-bond donors (Lipinski definition) is 1. The maximum absolute atomic E-state index is 10.7. The lowest BCUT2D eigenvalue weighted by Gasteiger charge is -2.04. The molecule has 3 rings (SSSR count). The quantitative estimate of drug-likeness (QED) is 0.562. The van der Waals surface area contributed by atoms with Crippen molar-refractivity contribution in [2.75, 3.05) is 5.32 Å².